The molecule has 0 rings (SSSR count). The first-order valence-corrected chi connectivity index (χ1v) is 5.68. The summed E-state index contributed by atoms with van der Waals surface area (Å²) in [6.07, 6.45) is 6.25. The Kier molecular flexibility index (Phi) is 8.64. The van der Waals surface area contributed by atoms with Crippen molar-refractivity contribution in [2.75, 3.05) is 6.54 Å². The minimum atomic E-state index is -0.191. The highest BCUT2D eigenvalue weighted by atomic mass is 16.1. The predicted molar refractivity (Wildman–Crippen MR) is 60.0 cm³/mol. The number of unbranched alkanes of at least 4 members (excludes halogenated alkanes) is 2. The van der Waals surface area contributed by atoms with Crippen LogP contribution in [0, 0.1) is 0 Å². The minimum Gasteiger partial charge on any atom is -0.370 e. The van der Waals surface area contributed by atoms with Crippen LogP contribution in [0.5, 0.6) is 0 Å². The Morgan fingerprint density at radius 3 is 2.64 bits per heavy atom. The number of hydrogen-bond donors (Lipinski definition) is 2. The van der Waals surface area contributed by atoms with Gasteiger partial charge in [0.15, 0.2) is 0 Å². The van der Waals surface area contributed by atoms with E-state index in [4.69, 9.17) is 5.73 Å². The number of nitrogens with two attached hydrogens (primary N) is 1. The van der Waals surface area contributed by atoms with E-state index in [1.165, 1.54) is 19.3 Å². The van der Waals surface area contributed by atoms with Crippen LogP contribution in [-0.4, -0.2) is 18.5 Å². The summed E-state index contributed by atoms with van der Waals surface area (Å²) in [5, 5.41) is 3.44. The van der Waals surface area contributed by atoms with Crippen molar-refractivity contribution >= 4 is 5.91 Å². The molecule has 0 aromatic carbocycles. The van der Waals surface area contributed by atoms with Gasteiger partial charge in [-0.3, -0.25) is 4.79 Å². The second kappa shape index (κ2) is 9.00. The molecule has 1 unspecified atom stereocenters. The Balaban J connectivity index is 3.14. The number of amides is 1. The summed E-state index contributed by atoms with van der Waals surface area (Å²) in [5.41, 5.74) is 5.04. The van der Waals surface area contributed by atoms with Gasteiger partial charge in [-0.25, -0.2) is 0 Å². The number of hydrogen-bond acceptors (Lipinski definition) is 2. The third kappa shape index (κ3) is 9.52. The summed E-state index contributed by atoms with van der Waals surface area (Å²) in [5.74, 6) is -0.191. The van der Waals surface area contributed by atoms with Crippen LogP contribution in [0.3, 0.4) is 0 Å². The lowest BCUT2D eigenvalue weighted by molar-refractivity contribution is -0.118. The minimum absolute atomic E-state index is 0.191. The zero-order chi connectivity index (χ0) is 10.8. The van der Waals surface area contributed by atoms with E-state index in [0.29, 0.717) is 12.5 Å². The molecule has 14 heavy (non-hydrogen) atoms. The Morgan fingerprint density at radius 2 is 2.07 bits per heavy atom. The van der Waals surface area contributed by atoms with Crippen LogP contribution < -0.4 is 11.1 Å². The molecule has 0 aromatic rings. The first-order chi connectivity index (χ1) is 6.66. The summed E-state index contributed by atoms with van der Waals surface area (Å²) >= 11 is 0. The van der Waals surface area contributed by atoms with E-state index in [-0.39, 0.29) is 5.91 Å². The summed E-state index contributed by atoms with van der Waals surface area (Å²) in [7, 11) is 0. The van der Waals surface area contributed by atoms with Gasteiger partial charge in [-0.15, -0.1) is 0 Å². The molecule has 3 nitrogen and oxygen atoms in total. The Labute approximate surface area is 87.4 Å². The SMILES string of the molecule is CCCCC(C)NCCCCC(N)=O. The molecule has 0 aliphatic heterocycles. The summed E-state index contributed by atoms with van der Waals surface area (Å²) in [6, 6.07) is 0.600. The van der Waals surface area contributed by atoms with Gasteiger partial charge in [-0.1, -0.05) is 19.8 Å². The number of rotatable bonds is 9. The summed E-state index contributed by atoms with van der Waals surface area (Å²) < 4.78 is 0. The molecule has 3 N–H and O–H groups in total. The first kappa shape index (κ1) is 13.4. The standard InChI is InChI=1S/C11H24N2O/c1-3-4-7-10(2)13-9-6-5-8-11(12)14/h10,13H,3-9H2,1-2H3,(H2,12,14). The van der Waals surface area contributed by atoms with Crippen molar-refractivity contribution in [2.45, 2.75) is 58.4 Å². The molecular weight excluding hydrogens is 176 g/mol. The number of nitrogens with one attached hydrogen (secondary N) is 1. The van der Waals surface area contributed by atoms with E-state index in [2.05, 4.69) is 19.2 Å². The third-order valence-corrected chi connectivity index (χ3v) is 2.33. The maximum atomic E-state index is 10.4. The van der Waals surface area contributed by atoms with Gasteiger partial charge in [-0.05, 0) is 32.7 Å². The van der Waals surface area contributed by atoms with E-state index in [1.807, 2.05) is 0 Å². The van der Waals surface area contributed by atoms with Gasteiger partial charge >= 0.3 is 0 Å². The first-order valence-electron chi connectivity index (χ1n) is 5.68. The van der Waals surface area contributed by atoms with Crippen molar-refractivity contribution in [3.05, 3.63) is 0 Å². The quantitative estimate of drug-likeness (QED) is 0.558. The van der Waals surface area contributed by atoms with Gasteiger partial charge in [0.2, 0.25) is 5.91 Å². The van der Waals surface area contributed by atoms with Crippen molar-refractivity contribution in [1.29, 1.82) is 0 Å². The van der Waals surface area contributed by atoms with E-state index < -0.39 is 0 Å². The lowest BCUT2D eigenvalue weighted by Crippen LogP contribution is -2.27. The Morgan fingerprint density at radius 1 is 1.36 bits per heavy atom. The monoisotopic (exact) mass is 200 g/mol. The van der Waals surface area contributed by atoms with Gasteiger partial charge in [-0.2, -0.15) is 0 Å². The van der Waals surface area contributed by atoms with Crippen molar-refractivity contribution in [2.24, 2.45) is 5.73 Å². The highest BCUT2D eigenvalue weighted by Crippen LogP contribution is 2.00. The van der Waals surface area contributed by atoms with Crippen LogP contribution in [0.15, 0.2) is 0 Å². The smallest absolute Gasteiger partial charge is 0.217 e. The van der Waals surface area contributed by atoms with E-state index in [9.17, 15) is 4.79 Å². The average Bonchev–Trinajstić information content (AvgIpc) is 2.13. The van der Waals surface area contributed by atoms with Crippen molar-refractivity contribution in [3.8, 4) is 0 Å². The highest BCUT2D eigenvalue weighted by Gasteiger charge is 1.99. The largest absolute Gasteiger partial charge is 0.370 e. The molecule has 84 valence electrons. The van der Waals surface area contributed by atoms with Crippen molar-refractivity contribution in [1.82, 2.24) is 5.32 Å². The van der Waals surface area contributed by atoms with Crippen LogP contribution in [0.2, 0.25) is 0 Å². The summed E-state index contributed by atoms with van der Waals surface area (Å²) in [6.45, 7) is 5.42. The van der Waals surface area contributed by atoms with Gasteiger partial charge in [0.05, 0.1) is 0 Å². The molecular formula is C11H24N2O. The van der Waals surface area contributed by atoms with E-state index >= 15 is 0 Å². The molecule has 0 aliphatic carbocycles. The molecule has 0 aliphatic rings. The maximum absolute atomic E-state index is 10.4. The Hall–Kier alpha value is -0.570. The molecule has 1 amide bonds. The molecule has 0 heterocycles. The summed E-state index contributed by atoms with van der Waals surface area (Å²) in [4.78, 5) is 10.4. The lowest BCUT2D eigenvalue weighted by atomic mass is 10.1. The molecule has 0 bridgehead atoms. The number of carbonyl (C=O) groups is 1. The van der Waals surface area contributed by atoms with Crippen molar-refractivity contribution < 1.29 is 4.79 Å². The van der Waals surface area contributed by atoms with Crippen molar-refractivity contribution in [3.63, 3.8) is 0 Å². The van der Waals surface area contributed by atoms with Gasteiger partial charge in [0.25, 0.3) is 0 Å². The molecule has 0 saturated heterocycles. The third-order valence-electron chi connectivity index (χ3n) is 2.33. The lowest BCUT2D eigenvalue weighted by Gasteiger charge is -2.12. The van der Waals surface area contributed by atoms with Crippen LogP contribution >= 0.6 is 0 Å². The van der Waals surface area contributed by atoms with Crippen LogP contribution in [0.25, 0.3) is 0 Å². The molecule has 0 radical (unpaired) electrons. The molecule has 0 spiro atoms. The highest BCUT2D eigenvalue weighted by molar-refractivity contribution is 5.73. The second-order valence-corrected chi connectivity index (χ2v) is 3.92. The Bertz CT molecular complexity index is 148. The molecule has 0 saturated carbocycles. The topological polar surface area (TPSA) is 55.1 Å². The second-order valence-electron chi connectivity index (χ2n) is 3.92. The molecule has 0 aromatic heterocycles. The van der Waals surface area contributed by atoms with Crippen LogP contribution in [0.1, 0.15) is 52.4 Å². The van der Waals surface area contributed by atoms with E-state index in [0.717, 1.165) is 19.4 Å². The molecule has 1 atom stereocenters. The number of carbonyl (C=O) groups excluding carboxylic acids is 1. The molecule has 3 heteroatoms. The zero-order valence-electron chi connectivity index (χ0n) is 9.51. The van der Waals surface area contributed by atoms with Gasteiger partial charge in [0, 0.05) is 12.5 Å². The normalized spacial score (nSPS) is 12.7. The molecule has 0 fully saturated rings. The fourth-order valence-corrected chi connectivity index (χ4v) is 1.39. The fourth-order valence-electron chi connectivity index (χ4n) is 1.39. The van der Waals surface area contributed by atoms with Gasteiger partial charge < -0.3 is 11.1 Å². The maximum Gasteiger partial charge on any atom is 0.217 e. The van der Waals surface area contributed by atoms with E-state index in [1.54, 1.807) is 0 Å². The van der Waals surface area contributed by atoms with Crippen LogP contribution in [-0.2, 0) is 4.79 Å². The number of primary amides is 1. The predicted octanol–water partition coefficient (Wildman–Crippen LogP) is 1.81. The zero-order valence-corrected chi connectivity index (χ0v) is 9.51. The fraction of sp³-hybridized carbons (Fsp3) is 0.909. The average molecular weight is 200 g/mol. The van der Waals surface area contributed by atoms with Gasteiger partial charge in [0.1, 0.15) is 0 Å². The van der Waals surface area contributed by atoms with Crippen LogP contribution in [0.4, 0.5) is 0 Å².